The van der Waals surface area contributed by atoms with E-state index in [-0.39, 0.29) is 6.04 Å². The molecular formula is C17H23N5O4S. The van der Waals surface area contributed by atoms with Crippen LogP contribution < -0.4 is 24.2 Å². The Morgan fingerprint density at radius 3 is 2.44 bits per heavy atom. The zero-order valence-electron chi connectivity index (χ0n) is 15.3. The van der Waals surface area contributed by atoms with Gasteiger partial charge in [0.05, 0.1) is 19.9 Å². The van der Waals surface area contributed by atoms with Gasteiger partial charge < -0.3 is 14.4 Å². The Hall–Kier alpha value is -2.43. The predicted octanol–water partition coefficient (Wildman–Crippen LogP) is 0.923. The molecule has 10 heteroatoms. The summed E-state index contributed by atoms with van der Waals surface area (Å²) in [4.78, 5) is 10.8. The quantitative estimate of drug-likeness (QED) is 0.749. The first-order valence-corrected chi connectivity index (χ1v) is 10.0. The van der Waals surface area contributed by atoms with Crippen molar-refractivity contribution >= 4 is 16.0 Å². The van der Waals surface area contributed by atoms with Crippen LogP contribution in [0.15, 0.2) is 30.6 Å². The second kappa shape index (κ2) is 8.07. The summed E-state index contributed by atoms with van der Waals surface area (Å²) in [5.41, 5.74) is 1.66. The molecule has 1 aliphatic heterocycles. The van der Waals surface area contributed by atoms with Gasteiger partial charge in [0.2, 0.25) is 0 Å². The number of methoxy groups -OCH3 is 2. The monoisotopic (exact) mass is 393 g/mol. The number of nitrogens with one attached hydrogen (secondary N) is 1. The Balaban J connectivity index is 1.75. The summed E-state index contributed by atoms with van der Waals surface area (Å²) in [5.74, 6) is 2.08. The highest BCUT2D eigenvalue weighted by molar-refractivity contribution is 7.87. The summed E-state index contributed by atoms with van der Waals surface area (Å²) in [6.45, 7) is 1.35. The fourth-order valence-electron chi connectivity index (χ4n) is 3.13. The third-order valence-corrected chi connectivity index (χ3v) is 5.14. The molecular weight excluding hydrogens is 370 g/mol. The zero-order chi connectivity index (χ0) is 19.4. The van der Waals surface area contributed by atoms with Crippen LogP contribution in [0.1, 0.15) is 12.8 Å². The highest BCUT2D eigenvalue weighted by Gasteiger charge is 2.23. The summed E-state index contributed by atoms with van der Waals surface area (Å²) < 4.78 is 35.4. The van der Waals surface area contributed by atoms with Gasteiger partial charge in [0, 0.05) is 30.8 Å². The van der Waals surface area contributed by atoms with Crippen molar-refractivity contribution in [3.8, 4) is 22.8 Å². The fraction of sp³-hybridized carbons (Fsp3) is 0.412. The van der Waals surface area contributed by atoms with Gasteiger partial charge in [0.1, 0.15) is 12.1 Å². The highest BCUT2D eigenvalue weighted by Crippen LogP contribution is 2.32. The molecule has 0 bridgehead atoms. The Kier molecular flexibility index (Phi) is 5.78. The van der Waals surface area contributed by atoms with E-state index in [1.807, 2.05) is 24.3 Å². The maximum atomic E-state index is 11.2. The van der Waals surface area contributed by atoms with Gasteiger partial charge in [-0.3, -0.25) is 0 Å². The maximum Gasteiger partial charge on any atom is 0.274 e. The van der Waals surface area contributed by atoms with Crippen molar-refractivity contribution in [2.75, 3.05) is 32.2 Å². The number of rotatable bonds is 6. The molecule has 1 aromatic heterocycles. The Morgan fingerprint density at radius 2 is 1.81 bits per heavy atom. The zero-order valence-corrected chi connectivity index (χ0v) is 16.1. The molecule has 0 aliphatic carbocycles. The lowest BCUT2D eigenvalue weighted by molar-refractivity contribution is 0.355. The van der Waals surface area contributed by atoms with Crippen LogP contribution in [0.4, 0.5) is 5.82 Å². The molecule has 0 spiro atoms. The molecule has 0 atom stereocenters. The summed E-state index contributed by atoms with van der Waals surface area (Å²) in [7, 11) is -0.495. The van der Waals surface area contributed by atoms with Crippen LogP contribution in [0.3, 0.4) is 0 Å². The van der Waals surface area contributed by atoms with Crippen molar-refractivity contribution < 1.29 is 17.9 Å². The van der Waals surface area contributed by atoms with Crippen LogP contribution in [-0.2, 0) is 10.2 Å². The van der Waals surface area contributed by atoms with Crippen LogP contribution >= 0.6 is 0 Å². The minimum absolute atomic E-state index is 0.150. The van der Waals surface area contributed by atoms with E-state index in [4.69, 9.17) is 14.6 Å². The molecule has 3 rings (SSSR count). The molecule has 0 radical (unpaired) electrons. The summed E-state index contributed by atoms with van der Waals surface area (Å²) in [5, 5.41) is 5.05. The van der Waals surface area contributed by atoms with Crippen molar-refractivity contribution in [2.24, 2.45) is 5.14 Å². The van der Waals surface area contributed by atoms with Gasteiger partial charge in [0.15, 0.2) is 11.5 Å². The second-order valence-corrected chi connectivity index (χ2v) is 7.58. The van der Waals surface area contributed by atoms with Gasteiger partial charge in [0.25, 0.3) is 10.2 Å². The maximum absolute atomic E-state index is 11.2. The topological polar surface area (TPSA) is 120 Å². The Bertz CT molecular complexity index is 898. The number of hydrogen-bond acceptors (Lipinski definition) is 7. The van der Waals surface area contributed by atoms with Crippen LogP contribution in [0, 0.1) is 0 Å². The first-order valence-electron chi connectivity index (χ1n) is 8.49. The molecule has 0 unspecified atom stereocenters. The minimum atomic E-state index is -3.68. The number of nitrogens with zero attached hydrogens (tertiary/aromatic N) is 3. The molecule has 1 saturated heterocycles. The van der Waals surface area contributed by atoms with Gasteiger partial charge in [-0.1, -0.05) is 0 Å². The predicted molar refractivity (Wildman–Crippen MR) is 102 cm³/mol. The normalized spacial score (nSPS) is 15.6. The van der Waals surface area contributed by atoms with Gasteiger partial charge in [-0.25, -0.2) is 15.1 Å². The van der Waals surface area contributed by atoms with E-state index in [2.05, 4.69) is 19.6 Å². The standard InChI is InChI=1S/C17H23N5O4S/c1-25-15-4-3-12(9-16(15)26-2)14-10-17(20-11-19-14)22-7-5-13(6-8-22)21-27(18,23)24/h3-4,9-11,13,21H,5-8H2,1-2H3,(H2,18,23,24). The SMILES string of the molecule is COc1ccc(-c2cc(N3CCC(NS(N)(=O)=O)CC3)ncn2)cc1OC. The Morgan fingerprint density at radius 1 is 1.11 bits per heavy atom. The van der Waals surface area contributed by atoms with Crippen LogP contribution in [0.25, 0.3) is 11.3 Å². The van der Waals surface area contributed by atoms with Crippen molar-refractivity contribution in [1.29, 1.82) is 0 Å². The number of aromatic nitrogens is 2. The molecule has 1 fully saturated rings. The molecule has 2 aromatic rings. The van der Waals surface area contributed by atoms with Crippen LogP contribution in [-0.4, -0.2) is 51.7 Å². The van der Waals surface area contributed by atoms with E-state index in [9.17, 15) is 8.42 Å². The van der Waals surface area contributed by atoms with Crippen molar-refractivity contribution in [3.05, 3.63) is 30.6 Å². The number of ether oxygens (including phenoxy) is 2. The van der Waals surface area contributed by atoms with E-state index in [0.717, 1.165) is 17.1 Å². The number of nitrogens with two attached hydrogens (primary N) is 1. The molecule has 1 aromatic carbocycles. The van der Waals surface area contributed by atoms with E-state index in [1.54, 1.807) is 14.2 Å². The summed E-state index contributed by atoms with van der Waals surface area (Å²) in [6, 6.07) is 7.38. The van der Waals surface area contributed by atoms with Gasteiger partial charge in [-0.15, -0.1) is 0 Å². The second-order valence-electron chi connectivity index (χ2n) is 6.26. The van der Waals surface area contributed by atoms with Crippen molar-refractivity contribution in [1.82, 2.24) is 14.7 Å². The fourth-order valence-corrected chi connectivity index (χ4v) is 3.83. The summed E-state index contributed by atoms with van der Waals surface area (Å²) >= 11 is 0. The van der Waals surface area contributed by atoms with Gasteiger partial charge >= 0.3 is 0 Å². The van der Waals surface area contributed by atoms with Gasteiger partial charge in [-0.05, 0) is 31.0 Å². The Labute approximate surface area is 158 Å². The lowest BCUT2D eigenvalue weighted by Gasteiger charge is -2.32. The molecule has 2 heterocycles. The average Bonchev–Trinajstić information content (AvgIpc) is 2.67. The molecule has 146 valence electrons. The number of benzene rings is 1. The molecule has 3 N–H and O–H groups in total. The van der Waals surface area contributed by atoms with Crippen LogP contribution in [0.5, 0.6) is 11.5 Å². The average molecular weight is 393 g/mol. The van der Waals surface area contributed by atoms with E-state index < -0.39 is 10.2 Å². The molecule has 1 aliphatic rings. The smallest absolute Gasteiger partial charge is 0.274 e. The largest absolute Gasteiger partial charge is 0.493 e. The number of hydrogen-bond donors (Lipinski definition) is 2. The lowest BCUT2D eigenvalue weighted by atomic mass is 10.1. The first kappa shape index (κ1) is 19.3. The van der Waals surface area contributed by atoms with E-state index >= 15 is 0 Å². The minimum Gasteiger partial charge on any atom is -0.493 e. The molecule has 0 amide bonds. The number of anilines is 1. The summed E-state index contributed by atoms with van der Waals surface area (Å²) in [6.07, 6.45) is 2.84. The third-order valence-electron chi connectivity index (χ3n) is 4.48. The highest BCUT2D eigenvalue weighted by atomic mass is 32.2. The molecule has 27 heavy (non-hydrogen) atoms. The van der Waals surface area contributed by atoms with Gasteiger partial charge in [-0.2, -0.15) is 13.1 Å². The lowest BCUT2D eigenvalue weighted by Crippen LogP contribution is -2.46. The number of piperidine rings is 1. The van der Waals surface area contributed by atoms with E-state index in [1.165, 1.54) is 6.33 Å². The van der Waals surface area contributed by atoms with Crippen LogP contribution in [0.2, 0.25) is 0 Å². The molecule has 9 nitrogen and oxygen atoms in total. The first-order chi connectivity index (χ1) is 12.9. The third kappa shape index (κ3) is 4.85. The van der Waals surface area contributed by atoms with Crippen molar-refractivity contribution in [2.45, 2.75) is 18.9 Å². The van der Waals surface area contributed by atoms with Crippen molar-refractivity contribution in [3.63, 3.8) is 0 Å². The molecule has 0 saturated carbocycles. The van der Waals surface area contributed by atoms with E-state index in [0.29, 0.717) is 37.4 Å².